The first kappa shape index (κ1) is 21.7. The van der Waals surface area contributed by atoms with Crippen molar-refractivity contribution in [2.24, 2.45) is 0 Å². The lowest BCUT2D eigenvalue weighted by molar-refractivity contribution is 0.101. The minimum atomic E-state index is -0.177. The zero-order valence-electron chi connectivity index (χ0n) is 18.3. The number of hydrogen-bond donors (Lipinski definition) is 1. The highest BCUT2D eigenvalue weighted by Gasteiger charge is 2.20. The largest absolute Gasteiger partial charge is 0.367 e. The molecule has 2 aromatic carbocycles. The van der Waals surface area contributed by atoms with Gasteiger partial charge in [0.15, 0.2) is 5.78 Å². The predicted octanol–water partition coefficient (Wildman–Crippen LogP) is 3.90. The van der Waals surface area contributed by atoms with Crippen LogP contribution in [0.5, 0.6) is 0 Å². The maximum absolute atomic E-state index is 12.8. The number of nitrogens with zero attached hydrogens (tertiary/aromatic N) is 3. The summed E-state index contributed by atoms with van der Waals surface area (Å²) in [7, 11) is 0. The van der Waals surface area contributed by atoms with Crippen LogP contribution in [0.1, 0.15) is 33.2 Å². The Kier molecular flexibility index (Phi) is 6.92. The number of rotatable bonds is 7. The number of nitrogens with one attached hydrogen (secondary N) is 1. The molecule has 0 radical (unpaired) electrons. The molecule has 4 rings (SSSR count). The van der Waals surface area contributed by atoms with Gasteiger partial charge in [0, 0.05) is 56.2 Å². The van der Waals surface area contributed by atoms with Crippen LogP contribution in [-0.2, 0) is 6.42 Å². The van der Waals surface area contributed by atoms with Gasteiger partial charge in [0.05, 0.1) is 11.4 Å². The average Bonchev–Trinajstić information content (AvgIpc) is 2.84. The molecule has 1 amide bonds. The standard InChI is InChI=1S/C26H28N4O2/c1-20(31)22-6-8-23(9-7-22)26(32)28-24-4-2-3-5-25(24)30-18-16-29(17-19-30)15-12-21-10-13-27-14-11-21/h2-11,13-14H,12,15-19H2,1H3,(H,28,32). The summed E-state index contributed by atoms with van der Waals surface area (Å²) in [6.45, 7) is 6.35. The number of hydrogen-bond acceptors (Lipinski definition) is 5. The zero-order chi connectivity index (χ0) is 22.3. The van der Waals surface area contributed by atoms with Gasteiger partial charge in [-0.3, -0.25) is 19.5 Å². The van der Waals surface area contributed by atoms with E-state index in [0.717, 1.165) is 50.5 Å². The smallest absolute Gasteiger partial charge is 0.255 e. The quantitative estimate of drug-likeness (QED) is 0.578. The molecule has 3 aromatic rings. The minimum Gasteiger partial charge on any atom is -0.367 e. The van der Waals surface area contributed by atoms with E-state index in [1.165, 1.54) is 12.5 Å². The van der Waals surface area contributed by atoms with Crippen LogP contribution in [0.3, 0.4) is 0 Å². The number of anilines is 2. The summed E-state index contributed by atoms with van der Waals surface area (Å²) in [6.07, 6.45) is 4.71. The molecule has 1 aliphatic rings. The molecule has 32 heavy (non-hydrogen) atoms. The van der Waals surface area contributed by atoms with E-state index in [2.05, 4.69) is 38.3 Å². The Labute approximate surface area is 188 Å². The second-order valence-electron chi connectivity index (χ2n) is 8.04. The van der Waals surface area contributed by atoms with Crippen molar-refractivity contribution in [3.05, 3.63) is 89.7 Å². The van der Waals surface area contributed by atoms with Crippen molar-refractivity contribution in [1.82, 2.24) is 9.88 Å². The van der Waals surface area contributed by atoms with Crippen LogP contribution in [0.4, 0.5) is 11.4 Å². The Balaban J connectivity index is 1.36. The predicted molar refractivity (Wildman–Crippen MR) is 127 cm³/mol. The Bertz CT molecular complexity index is 1060. The lowest BCUT2D eigenvalue weighted by Crippen LogP contribution is -2.47. The van der Waals surface area contributed by atoms with Crippen molar-refractivity contribution in [2.75, 3.05) is 42.9 Å². The van der Waals surface area contributed by atoms with E-state index in [-0.39, 0.29) is 11.7 Å². The molecule has 1 saturated heterocycles. The van der Waals surface area contributed by atoms with E-state index >= 15 is 0 Å². The van der Waals surface area contributed by atoms with Gasteiger partial charge >= 0.3 is 0 Å². The number of ketones is 1. The second kappa shape index (κ2) is 10.2. The summed E-state index contributed by atoms with van der Waals surface area (Å²) in [5, 5.41) is 3.05. The van der Waals surface area contributed by atoms with Gasteiger partial charge in [-0.05, 0) is 55.3 Å². The molecule has 1 fully saturated rings. The zero-order valence-corrected chi connectivity index (χ0v) is 18.3. The molecule has 0 atom stereocenters. The first-order valence-corrected chi connectivity index (χ1v) is 11.0. The third-order valence-corrected chi connectivity index (χ3v) is 5.88. The number of Topliss-reactive ketones (excluding diaryl/α,β-unsaturated/α-hetero) is 1. The first-order valence-electron chi connectivity index (χ1n) is 11.0. The SMILES string of the molecule is CC(=O)c1ccc(C(=O)Nc2ccccc2N2CCN(CCc3ccncc3)CC2)cc1. The van der Waals surface area contributed by atoms with E-state index in [1.54, 1.807) is 24.3 Å². The topological polar surface area (TPSA) is 65.5 Å². The number of carbonyl (C=O) groups excluding carboxylic acids is 2. The Morgan fingerprint density at radius 1 is 0.875 bits per heavy atom. The second-order valence-corrected chi connectivity index (χ2v) is 8.04. The normalized spacial score (nSPS) is 14.2. The molecule has 164 valence electrons. The molecule has 1 N–H and O–H groups in total. The third kappa shape index (κ3) is 5.39. The maximum atomic E-state index is 12.8. The number of amides is 1. The molecule has 0 bridgehead atoms. The van der Waals surface area contributed by atoms with Gasteiger partial charge in [0.2, 0.25) is 0 Å². The van der Waals surface area contributed by atoms with Crippen molar-refractivity contribution < 1.29 is 9.59 Å². The van der Waals surface area contributed by atoms with Crippen molar-refractivity contribution in [3.63, 3.8) is 0 Å². The van der Waals surface area contributed by atoms with Crippen molar-refractivity contribution in [1.29, 1.82) is 0 Å². The molecule has 6 heteroatoms. The fraction of sp³-hybridized carbons (Fsp3) is 0.269. The minimum absolute atomic E-state index is 0.0118. The number of benzene rings is 2. The number of piperazine rings is 1. The van der Waals surface area contributed by atoms with E-state index in [4.69, 9.17) is 0 Å². The number of pyridine rings is 1. The summed E-state index contributed by atoms with van der Waals surface area (Å²) >= 11 is 0. The molecule has 6 nitrogen and oxygen atoms in total. The summed E-state index contributed by atoms with van der Waals surface area (Å²) in [6, 6.07) is 18.8. The number of para-hydroxylation sites is 2. The van der Waals surface area contributed by atoms with Crippen LogP contribution in [-0.4, -0.2) is 54.3 Å². The van der Waals surface area contributed by atoms with Gasteiger partial charge < -0.3 is 10.2 Å². The van der Waals surface area contributed by atoms with Crippen LogP contribution in [0.15, 0.2) is 73.1 Å². The highest BCUT2D eigenvalue weighted by atomic mass is 16.1. The van der Waals surface area contributed by atoms with Gasteiger partial charge in [-0.25, -0.2) is 0 Å². The molecule has 0 aliphatic carbocycles. The fourth-order valence-corrected chi connectivity index (χ4v) is 3.95. The van der Waals surface area contributed by atoms with E-state index < -0.39 is 0 Å². The lowest BCUT2D eigenvalue weighted by atomic mass is 10.1. The molecule has 1 aliphatic heterocycles. The highest BCUT2D eigenvalue weighted by Crippen LogP contribution is 2.27. The number of aromatic nitrogens is 1. The fourth-order valence-electron chi connectivity index (χ4n) is 3.95. The highest BCUT2D eigenvalue weighted by molar-refractivity contribution is 6.06. The third-order valence-electron chi connectivity index (χ3n) is 5.88. The molecular formula is C26H28N4O2. The first-order chi connectivity index (χ1) is 15.6. The number of carbonyl (C=O) groups is 2. The van der Waals surface area contributed by atoms with Gasteiger partial charge in [0.1, 0.15) is 0 Å². The monoisotopic (exact) mass is 428 g/mol. The average molecular weight is 429 g/mol. The summed E-state index contributed by atoms with van der Waals surface area (Å²) in [4.78, 5) is 33.1. The molecule has 0 spiro atoms. The van der Waals surface area contributed by atoms with Crippen LogP contribution in [0, 0.1) is 0 Å². The van der Waals surface area contributed by atoms with Crippen molar-refractivity contribution in [3.8, 4) is 0 Å². The van der Waals surface area contributed by atoms with Gasteiger partial charge in [-0.2, -0.15) is 0 Å². The Morgan fingerprint density at radius 2 is 1.53 bits per heavy atom. The van der Waals surface area contributed by atoms with Gasteiger partial charge in [-0.1, -0.05) is 24.3 Å². The molecular weight excluding hydrogens is 400 g/mol. The van der Waals surface area contributed by atoms with Crippen LogP contribution in [0.25, 0.3) is 0 Å². The van der Waals surface area contributed by atoms with Gasteiger partial charge in [-0.15, -0.1) is 0 Å². The van der Waals surface area contributed by atoms with Crippen molar-refractivity contribution in [2.45, 2.75) is 13.3 Å². The molecule has 2 heterocycles. The van der Waals surface area contributed by atoms with Crippen LogP contribution in [0.2, 0.25) is 0 Å². The van der Waals surface area contributed by atoms with Crippen molar-refractivity contribution >= 4 is 23.1 Å². The van der Waals surface area contributed by atoms with Crippen LogP contribution < -0.4 is 10.2 Å². The lowest BCUT2D eigenvalue weighted by Gasteiger charge is -2.37. The maximum Gasteiger partial charge on any atom is 0.255 e. The Morgan fingerprint density at radius 3 is 2.22 bits per heavy atom. The van der Waals surface area contributed by atoms with E-state index in [0.29, 0.717) is 11.1 Å². The van der Waals surface area contributed by atoms with Crippen LogP contribution >= 0.6 is 0 Å². The summed E-state index contributed by atoms with van der Waals surface area (Å²) in [5.41, 5.74) is 4.29. The van der Waals surface area contributed by atoms with Gasteiger partial charge in [0.25, 0.3) is 5.91 Å². The molecule has 1 aromatic heterocycles. The van der Waals surface area contributed by atoms with E-state index in [1.807, 2.05) is 30.6 Å². The summed E-state index contributed by atoms with van der Waals surface area (Å²) < 4.78 is 0. The Hall–Kier alpha value is -3.51. The molecule has 0 unspecified atom stereocenters. The van der Waals surface area contributed by atoms with E-state index in [9.17, 15) is 9.59 Å². The summed E-state index contributed by atoms with van der Waals surface area (Å²) in [5.74, 6) is -0.189. The molecule has 0 saturated carbocycles.